The Morgan fingerprint density at radius 1 is 1.24 bits per heavy atom. The van der Waals surface area contributed by atoms with E-state index < -0.39 is 11.2 Å². The Labute approximate surface area is 176 Å². The Kier molecular flexibility index (Phi) is 5.07. The topological polar surface area (TPSA) is 120 Å². The lowest BCUT2D eigenvalue weighted by Crippen LogP contribution is -2.28. The number of aliphatic hydroxyl groups is 1. The predicted molar refractivity (Wildman–Crippen MR) is 117 cm³/mol. The van der Waals surface area contributed by atoms with Gasteiger partial charge in [-0.2, -0.15) is 0 Å². The van der Waals surface area contributed by atoms with Crippen molar-refractivity contribution in [2.45, 2.75) is 47.5 Å². The van der Waals surface area contributed by atoms with E-state index in [1.807, 2.05) is 0 Å². The van der Waals surface area contributed by atoms with Crippen molar-refractivity contribution >= 4 is 44.4 Å². The van der Waals surface area contributed by atoms with Gasteiger partial charge in [0, 0.05) is 41.1 Å². The molecule has 1 unspecified atom stereocenters. The minimum atomic E-state index is -1.04. The number of thiophene rings is 1. The number of nitrogen functional groups attached to an aromatic ring is 1. The highest BCUT2D eigenvalue weighted by Crippen LogP contribution is 2.49. The van der Waals surface area contributed by atoms with Crippen LogP contribution in [0.1, 0.15) is 43.6 Å². The maximum Gasteiger partial charge on any atom is 0.232 e. The van der Waals surface area contributed by atoms with E-state index >= 15 is 0 Å². The van der Waals surface area contributed by atoms with Crippen molar-refractivity contribution in [2.75, 3.05) is 24.2 Å². The average molecular weight is 430 g/mol. The van der Waals surface area contributed by atoms with Crippen molar-refractivity contribution in [3.05, 3.63) is 24.0 Å². The van der Waals surface area contributed by atoms with Crippen LogP contribution in [0.3, 0.4) is 0 Å². The van der Waals surface area contributed by atoms with Crippen LogP contribution in [0.2, 0.25) is 0 Å². The van der Waals surface area contributed by atoms with Crippen LogP contribution in [0.15, 0.2) is 22.7 Å². The highest BCUT2D eigenvalue weighted by Gasteiger charge is 2.36. The second kappa shape index (κ2) is 7.71. The number of aliphatic hydroxyl groups excluding tert-OH is 1. The Morgan fingerprint density at radius 3 is 2.62 bits per heavy atom. The van der Waals surface area contributed by atoms with E-state index in [1.54, 1.807) is 12.4 Å². The number of fused-ring (bicyclic) bond motifs is 1. The minimum Gasteiger partial charge on any atom is -0.611 e. The molecule has 2 aliphatic rings. The first-order valence-corrected chi connectivity index (χ1v) is 12.0. The smallest absolute Gasteiger partial charge is 0.232 e. The van der Waals surface area contributed by atoms with Crippen LogP contribution in [0.25, 0.3) is 21.5 Å². The number of nitrogens with one attached hydrogen (secondary N) is 1. The fraction of sp³-hybridized carbons (Fsp3) is 0.450. The standard InChI is InChI=1S/C20H23N5O2S2/c21-17-16-14(11-4-5-11)8-15(12-9-23-20(24-10-12)22-6-7-26)25-18(16)28-19(17)29(27)13-2-1-3-13/h8-11,13,26H,1-7,21H2,(H,22,23,24). The first kappa shape index (κ1) is 19.0. The van der Waals surface area contributed by atoms with Crippen LogP contribution >= 0.6 is 11.3 Å². The molecule has 9 heteroatoms. The second-order valence-corrected chi connectivity index (χ2v) is 10.6. The van der Waals surface area contributed by atoms with E-state index in [0.29, 0.717) is 24.1 Å². The number of hydrogen-bond acceptors (Lipinski definition) is 8. The molecule has 4 N–H and O–H groups in total. The molecule has 3 aromatic rings. The van der Waals surface area contributed by atoms with Crippen LogP contribution < -0.4 is 11.1 Å². The summed E-state index contributed by atoms with van der Waals surface area (Å²) in [6, 6.07) is 2.10. The number of anilines is 2. The summed E-state index contributed by atoms with van der Waals surface area (Å²) >= 11 is 0.431. The minimum absolute atomic E-state index is 0.0262. The normalized spacial score (nSPS) is 18.0. The maximum atomic E-state index is 13.0. The summed E-state index contributed by atoms with van der Waals surface area (Å²) in [5, 5.41) is 13.1. The first-order valence-electron chi connectivity index (χ1n) is 9.96. The molecule has 0 amide bonds. The molecular formula is C20H23N5O2S2. The SMILES string of the molecule is Nc1c([S+]([O-])C2CCC2)sc2nc(-c3cnc(NCCO)nc3)cc(C3CC3)c12. The fourth-order valence-corrected chi connectivity index (χ4v) is 6.82. The molecule has 0 saturated heterocycles. The van der Waals surface area contributed by atoms with Crippen LogP contribution in [0, 0.1) is 0 Å². The van der Waals surface area contributed by atoms with Gasteiger partial charge >= 0.3 is 0 Å². The zero-order chi connectivity index (χ0) is 20.0. The maximum absolute atomic E-state index is 13.0. The Balaban J connectivity index is 1.55. The monoisotopic (exact) mass is 429 g/mol. The second-order valence-electron chi connectivity index (χ2n) is 7.65. The van der Waals surface area contributed by atoms with Crippen molar-refractivity contribution in [1.82, 2.24) is 15.0 Å². The van der Waals surface area contributed by atoms with Gasteiger partial charge in [-0.1, -0.05) is 11.3 Å². The van der Waals surface area contributed by atoms with Crippen molar-refractivity contribution in [2.24, 2.45) is 0 Å². The summed E-state index contributed by atoms with van der Waals surface area (Å²) in [6.07, 6.45) is 8.96. The van der Waals surface area contributed by atoms with Crippen LogP contribution in [-0.4, -0.2) is 43.0 Å². The summed E-state index contributed by atoms with van der Waals surface area (Å²) in [5.41, 5.74) is 10.0. The van der Waals surface area contributed by atoms with E-state index in [-0.39, 0.29) is 11.9 Å². The molecule has 152 valence electrons. The first-order chi connectivity index (χ1) is 14.2. The molecule has 0 spiro atoms. The van der Waals surface area contributed by atoms with E-state index in [2.05, 4.69) is 21.4 Å². The molecule has 7 nitrogen and oxygen atoms in total. The number of pyridine rings is 1. The van der Waals surface area contributed by atoms with Crippen molar-refractivity contribution in [1.29, 1.82) is 0 Å². The number of nitrogens with two attached hydrogens (primary N) is 1. The average Bonchev–Trinajstić information content (AvgIpc) is 3.48. The van der Waals surface area contributed by atoms with Gasteiger partial charge in [-0.3, -0.25) is 0 Å². The number of hydrogen-bond donors (Lipinski definition) is 3. The molecule has 29 heavy (non-hydrogen) atoms. The van der Waals surface area contributed by atoms with Gasteiger partial charge in [-0.15, -0.1) is 0 Å². The summed E-state index contributed by atoms with van der Waals surface area (Å²) in [4.78, 5) is 14.3. The Morgan fingerprint density at radius 2 is 2.00 bits per heavy atom. The highest BCUT2D eigenvalue weighted by atomic mass is 32.2. The Bertz CT molecular complexity index is 1030. The third-order valence-corrected chi connectivity index (χ3v) is 8.89. The molecule has 2 saturated carbocycles. The molecule has 2 fully saturated rings. The number of rotatable bonds is 7. The van der Waals surface area contributed by atoms with E-state index in [4.69, 9.17) is 15.8 Å². The summed E-state index contributed by atoms with van der Waals surface area (Å²) in [7, 11) is 0. The highest BCUT2D eigenvalue weighted by molar-refractivity contribution is 7.94. The van der Waals surface area contributed by atoms with E-state index in [0.717, 1.165) is 57.8 Å². The Hall–Kier alpha value is -1.94. The lowest BCUT2D eigenvalue weighted by atomic mass is 10.00. The summed E-state index contributed by atoms with van der Waals surface area (Å²) in [5.74, 6) is 0.970. The number of aromatic nitrogens is 3. The molecule has 0 radical (unpaired) electrons. The molecule has 0 bridgehead atoms. The van der Waals surface area contributed by atoms with Gasteiger partial charge in [0.05, 0.1) is 12.3 Å². The quantitative estimate of drug-likeness (QED) is 0.493. The molecule has 2 aliphatic carbocycles. The predicted octanol–water partition coefficient (Wildman–Crippen LogP) is 3.28. The third-order valence-electron chi connectivity index (χ3n) is 5.59. The fourth-order valence-electron chi connectivity index (χ4n) is 3.60. The molecule has 5 rings (SSSR count). The zero-order valence-corrected chi connectivity index (χ0v) is 17.6. The molecule has 3 aromatic heterocycles. The van der Waals surface area contributed by atoms with Crippen molar-refractivity contribution in [3.8, 4) is 11.3 Å². The van der Waals surface area contributed by atoms with Gasteiger partial charge in [-0.25, -0.2) is 15.0 Å². The van der Waals surface area contributed by atoms with Gasteiger partial charge in [0.1, 0.15) is 15.8 Å². The van der Waals surface area contributed by atoms with Crippen LogP contribution in [0.5, 0.6) is 0 Å². The lowest BCUT2D eigenvalue weighted by molar-refractivity contribution is 0.311. The van der Waals surface area contributed by atoms with Crippen molar-refractivity contribution < 1.29 is 9.66 Å². The largest absolute Gasteiger partial charge is 0.611 e. The summed E-state index contributed by atoms with van der Waals surface area (Å²) < 4.78 is 13.7. The molecule has 1 atom stereocenters. The summed E-state index contributed by atoms with van der Waals surface area (Å²) in [6.45, 7) is 0.434. The van der Waals surface area contributed by atoms with Gasteiger partial charge < -0.3 is 20.7 Å². The molecule has 0 aliphatic heterocycles. The molecule has 3 heterocycles. The molecular weight excluding hydrogens is 406 g/mol. The zero-order valence-electron chi connectivity index (χ0n) is 15.9. The van der Waals surface area contributed by atoms with E-state index in [9.17, 15) is 4.55 Å². The number of nitrogens with zero attached hydrogens (tertiary/aromatic N) is 3. The third kappa shape index (κ3) is 3.56. The lowest BCUT2D eigenvalue weighted by Gasteiger charge is -2.27. The van der Waals surface area contributed by atoms with Crippen LogP contribution in [0.4, 0.5) is 11.6 Å². The van der Waals surface area contributed by atoms with Gasteiger partial charge in [0.25, 0.3) is 0 Å². The van der Waals surface area contributed by atoms with Crippen molar-refractivity contribution in [3.63, 3.8) is 0 Å². The molecule has 0 aromatic carbocycles. The van der Waals surface area contributed by atoms with Crippen LogP contribution in [-0.2, 0) is 11.2 Å². The van der Waals surface area contributed by atoms with Gasteiger partial charge in [0.15, 0.2) is 0 Å². The van der Waals surface area contributed by atoms with Gasteiger partial charge in [0.2, 0.25) is 10.2 Å². The van der Waals surface area contributed by atoms with Gasteiger partial charge in [-0.05, 0) is 49.7 Å². The van der Waals surface area contributed by atoms with E-state index in [1.165, 1.54) is 16.9 Å².